The second-order valence-corrected chi connectivity index (χ2v) is 6.09. The van der Waals surface area contributed by atoms with Gasteiger partial charge in [-0.3, -0.25) is 9.59 Å². The number of hydrogen-bond acceptors (Lipinski definition) is 8. The van der Waals surface area contributed by atoms with Crippen molar-refractivity contribution in [3.8, 4) is 11.4 Å². The zero-order valence-electron chi connectivity index (χ0n) is 13.9. The van der Waals surface area contributed by atoms with Gasteiger partial charge in [0, 0.05) is 5.56 Å². The van der Waals surface area contributed by atoms with E-state index in [-0.39, 0.29) is 23.8 Å². The average molecular weight is 385 g/mol. The molecule has 8 nitrogen and oxygen atoms in total. The van der Waals surface area contributed by atoms with Crippen LogP contribution in [0.1, 0.15) is 11.7 Å². The Labute approximate surface area is 157 Å². The van der Waals surface area contributed by atoms with Gasteiger partial charge >= 0.3 is 0 Å². The van der Waals surface area contributed by atoms with Crippen LogP contribution in [-0.4, -0.2) is 10.1 Å². The predicted octanol–water partition coefficient (Wildman–Crippen LogP) is 2.80. The summed E-state index contributed by atoms with van der Waals surface area (Å²) in [7, 11) is 0. The molecule has 0 saturated carbocycles. The van der Waals surface area contributed by atoms with Crippen molar-refractivity contribution in [2.45, 2.75) is 13.1 Å². The molecular weight excluding hydrogens is 372 g/mol. The number of hydrogen-bond donors (Lipinski definition) is 2. The molecule has 4 rings (SSSR count). The standard InChI is InChI=1S/C18H13ClN4O4/c19-12-6-2-1-5-11(12)18-22-13(27-23-18)9-21-15-14(16(24)17(15)25)20-8-10-4-3-7-26-10/h1-7,20-21H,8-9H2. The summed E-state index contributed by atoms with van der Waals surface area (Å²) in [6.45, 7) is 0.390. The Morgan fingerprint density at radius 2 is 1.70 bits per heavy atom. The second-order valence-electron chi connectivity index (χ2n) is 5.69. The van der Waals surface area contributed by atoms with Gasteiger partial charge in [0.05, 0.1) is 24.4 Å². The quantitative estimate of drug-likeness (QED) is 0.468. The van der Waals surface area contributed by atoms with Gasteiger partial charge in [-0.2, -0.15) is 4.98 Å². The topological polar surface area (TPSA) is 110 Å². The van der Waals surface area contributed by atoms with Crippen LogP contribution in [0.4, 0.5) is 11.4 Å². The number of benzene rings is 1. The van der Waals surface area contributed by atoms with Gasteiger partial charge in [-0.05, 0) is 24.3 Å². The van der Waals surface area contributed by atoms with E-state index in [1.165, 1.54) is 6.26 Å². The normalized spacial score (nSPS) is 11.0. The van der Waals surface area contributed by atoms with E-state index in [4.69, 9.17) is 20.5 Å². The van der Waals surface area contributed by atoms with Crippen LogP contribution in [0.5, 0.6) is 0 Å². The zero-order valence-corrected chi connectivity index (χ0v) is 14.6. The third-order valence-electron chi connectivity index (χ3n) is 3.93. The molecule has 0 unspecified atom stereocenters. The largest absolute Gasteiger partial charge is 0.467 e. The fourth-order valence-corrected chi connectivity index (χ4v) is 2.78. The van der Waals surface area contributed by atoms with E-state index in [0.29, 0.717) is 28.7 Å². The molecule has 9 heteroatoms. The summed E-state index contributed by atoms with van der Waals surface area (Å²) in [6.07, 6.45) is 1.53. The summed E-state index contributed by atoms with van der Waals surface area (Å²) in [4.78, 5) is 27.8. The molecule has 2 aromatic carbocycles. The van der Waals surface area contributed by atoms with E-state index in [9.17, 15) is 9.59 Å². The first-order chi connectivity index (χ1) is 13.1. The lowest BCUT2D eigenvalue weighted by molar-refractivity contribution is 0.384. The Morgan fingerprint density at radius 3 is 2.41 bits per heavy atom. The highest BCUT2D eigenvalue weighted by Gasteiger charge is 2.21. The Kier molecular flexibility index (Phi) is 4.47. The van der Waals surface area contributed by atoms with Gasteiger partial charge in [-0.1, -0.05) is 28.9 Å². The first-order valence-electron chi connectivity index (χ1n) is 8.04. The van der Waals surface area contributed by atoms with Crippen molar-refractivity contribution in [3.63, 3.8) is 0 Å². The van der Waals surface area contributed by atoms with Crippen LogP contribution < -0.4 is 21.5 Å². The van der Waals surface area contributed by atoms with Crippen LogP contribution in [0.3, 0.4) is 0 Å². The fraction of sp³-hybridized carbons (Fsp3) is 0.111. The lowest BCUT2D eigenvalue weighted by atomic mass is 10.2. The highest BCUT2D eigenvalue weighted by atomic mass is 35.5. The van der Waals surface area contributed by atoms with Crippen LogP contribution in [0.25, 0.3) is 11.4 Å². The Bertz CT molecular complexity index is 1140. The molecule has 27 heavy (non-hydrogen) atoms. The van der Waals surface area contributed by atoms with E-state index < -0.39 is 10.9 Å². The Hall–Kier alpha value is -3.39. The fourth-order valence-electron chi connectivity index (χ4n) is 2.56. The molecule has 0 saturated heterocycles. The van der Waals surface area contributed by atoms with Crippen molar-refractivity contribution < 1.29 is 8.94 Å². The summed E-state index contributed by atoms with van der Waals surface area (Å²) in [6, 6.07) is 10.6. The number of aromatic nitrogens is 2. The number of rotatable bonds is 7. The van der Waals surface area contributed by atoms with E-state index in [2.05, 4.69) is 20.8 Å². The summed E-state index contributed by atoms with van der Waals surface area (Å²) in [5.74, 6) is 1.25. The molecule has 4 aromatic rings. The van der Waals surface area contributed by atoms with Crippen molar-refractivity contribution >= 4 is 23.0 Å². The number of anilines is 2. The minimum atomic E-state index is -0.595. The molecule has 0 aliphatic carbocycles. The van der Waals surface area contributed by atoms with E-state index in [1.807, 2.05) is 6.07 Å². The van der Waals surface area contributed by atoms with Crippen LogP contribution in [0.2, 0.25) is 5.02 Å². The van der Waals surface area contributed by atoms with Crippen molar-refractivity contribution in [3.05, 3.63) is 79.8 Å². The third kappa shape index (κ3) is 3.34. The van der Waals surface area contributed by atoms with Gasteiger partial charge in [0.1, 0.15) is 17.1 Å². The highest BCUT2D eigenvalue weighted by molar-refractivity contribution is 6.33. The molecule has 0 fully saturated rings. The molecule has 0 amide bonds. The lowest BCUT2D eigenvalue weighted by Gasteiger charge is -2.12. The Morgan fingerprint density at radius 1 is 0.963 bits per heavy atom. The number of furan rings is 1. The minimum absolute atomic E-state index is 0.0950. The highest BCUT2D eigenvalue weighted by Crippen LogP contribution is 2.25. The van der Waals surface area contributed by atoms with Gasteiger partial charge < -0.3 is 19.6 Å². The molecular formula is C18H13ClN4O4. The predicted molar refractivity (Wildman–Crippen MR) is 99.5 cm³/mol. The lowest BCUT2D eigenvalue weighted by Crippen LogP contribution is -2.37. The molecule has 0 atom stereocenters. The summed E-state index contributed by atoms with van der Waals surface area (Å²) in [5.41, 5.74) is -0.135. The monoisotopic (exact) mass is 384 g/mol. The molecule has 2 N–H and O–H groups in total. The van der Waals surface area contributed by atoms with Crippen molar-refractivity contribution in [1.82, 2.24) is 10.1 Å². The Balaban J connectivity index is 1.44. The second kappa shape index (κ2) is 7.08. The summed E-state index contributed by atoms with van der Waals surface area (Å²) in [5, 5.41) is 10.1. The SMILES string of the molecule is O=c1c(NCc2ccco2)c(NCc2nc(-c3ccccc3Cl)no2)c1=O. The van der Waals surface area contributed by atoms with E-state index in [0.717, 1.165) is 0 Å². The van der Waals surface area contributed by atoms with Crippen molar-refractivity contribution in [1.29, 1.82) is 0 Å². The first kappa shape index (κ1) is 17.0. The molecule has 0 radical (unpaired) electrons. The van der Waals surface area contributed by atoms with Gasteiger partial charge in [0.15, 0.2) is 0 Å². The van der Waals surface area contributed by atoms with Crippen molar-refractivity contribution in [2.75, 3.05) is 10.6 Å². The summed E-state index contributed by atoms with van der Waals surface area (Å²) < 4.78 is 10.4. The molecule has 0 spiro atoms. The molecule has 2 heterocycles. The van der Waals surface area contributed by atoms with Crippen molar-refractivity contribution in [2.24, 2.45) is 0 Å². The molecule has 0 aliphatic heterocycles. The van der Waals surface area contributed by atoms with Gasteiger partial charge in [0.25, 0.3) is 10.9 Å². The van der Waals surface area contributed by atoms with Crippen LogP contribution in [0, 0.1) is 0 Å². The smallest absolute Gasteiger partial charge is 0.253 e. The van der Waals surface area contributed by atoms with Gasteiger partial charge in [-0.25, -0.2) is 0 Å². The third-order valence-corrected chi connectivity index (χ3v) is 4.26. The van der Waals surface area contributed by atoms with Crippen LogP contribution >= 0.6 is 11.6 Å². The number of halogens is 1. The molecule has 136 valence electrons. The average Bonchev–Trinajstić information content (AvgIpc) is 3.36. The minimum Gasteiger partial charge on any atom is -0.467 e. The molecule has 0 bridgehead atoms. The maximum Gasteiger partial charge on any atom is 0.253 e. The van der Waals surface area contributed by atoms with Gasteiger partial charge in [0.2, 0.25) is 11.7 Å². The summed E-state index contributed by atoms with van der Waals surface area (Å²) >= 11 is 6.12. The number of nitrogens with zero attached hydrogens (tertiary/aromatic N) is 2. The van der Waals surface area contributed by atoms with Crippen LogP contribution in [0.15, 0.2) is 61.2 Å². The zero-order chi connectivity index (χ0) is 18.8. The molecule has 2 aromatic heterocycles. The number of nitrogens with one attached hydrogen (secondary N) is 2. The van der Waals surface area contributed by atoms with E-state index >= 15 is 0 Å². The van der Waals surface area contributed by atoms with Crippen LogP contribution in [-0.2, 0) is 13.1 Å². The maximum absolute atomic E-state index is 11.8. The first-order valence-corrected chi connectivity index (χ1v) is 8.42. The maximum atomic E-state index is 11.8. The van der Waals surface area contributed by atoms with Gasteiger partial charge in [-0.15, -0.1) is 0 Å². The van der Waals surface area contributed by atoms with E-state index in [1.54, 1.807) is 30.3 Å². The molecule has 0 aliphatic rings.